The number of aromatic nitrogens is 2. The van der Waals surface area contributed by atoms with Gasteiger partial charge in [0.1, 0.15) is 0 Å². The van der Waals surface area contributed by atoms with Crippen LogP contribution in [0.15, 0.2) is 88.9 Å². The first-order chi connectivity index (χ1) is 13.2. The fraction of sp³-hybridized carbons (Fsp3) is 0. The van der Waals surface area contributed by atoms with Gasteiger partial charge in [0, 0.05) is 21.8 Å². The molecule has 3 nitrogen and oxygen atoms in total. The molecule has 0 atom stereocenters. The van der Waals surface area contributed by atoms with Crippen molar-refractivity contribution in [2.75, 3.05) is 0 Å². The molecule has 0 saturated carbocycles. The van der Waals surface area contributed by atoms with E-state index >= 15 is 0 Å². The first-order valence-electron chi connectivity index (χ1n) is 8.38. The van der Waals surface area contributed by atoms with Crippen LogP contribution in [0.25, 0.3) is 23.0 Å². The predicted octanol–water partition coefficient (Wildman–Crippen LogP) is 6.26. The summed E-state index contributed by atoms with van der Waals surface area (Å²) >= 11 is 4.96. The number of halogens is 1. The molecule has 2 heterocycles. The Morgan fingerprint density at radius 1 is 1.04 bits per heavy atom. The maximum atomic E-state index is 12.3. The number of benzene rings is 2. The Morgan fingerprint density at radius 3 is 2.63 bits per heavy atom. The summed E-state index contributed by atoms with van der Waals surface area (Å²) in [6, 6.07) is 21.6. The summed E-state index contributed by atoms with van der Waals surface area (Å²) < 4.78 is 2.82. The first-order valence-corrected chi connectivity index (χ1v) is 10.0. The van der Waals surface area contributed by atoms with E-state index in [0.717, 1.165) is 31.9 Å². The first kappa shape index (κ1) is 17.6. The SMILES string of the molecule is O=C(C=Cc1cn(-c2ccccc2)nc1-c1cccc(Br)c1)c1cccs1. The number of hydrogen-bond acceptors (Lipinski definition) is 3. The highest BCUT2D eigenvalue weighted by molar-refractivity contribution is 9.10. The number of para-hydroxylation sites is 1. The molecule has 0 spiro atoms. The van der Waals surface area contributed by atoms with Gasteiger partial charge >= 0.3 is 0 Å². The zero-order valence-electron chi connectivity index (χ0n) is 14.2. The lowest BCUT2D eigenvalue weighted by molar-refractivity contribution is 0.105. The second-order valence-electron chi connectivity index (χ2n) is 5.90. The second-order valence-corrected chi connectivity index (χ2v) is 7.76. The zero-order valence-corrected chi connectivity index (χ0v) is 16.7. The van der Waals surface area contributed by atoms with Crippen LogP contribution in [0.2, 0.25) is 0 Å². The van der Waals surface area contributed by atoms with Crippen molar-refractivity contribution in [3.63, 3.8) is 0 Å². The molecule has 4 rings (SSSR count). The van der Waals surface area contributed by atoms with Gasteiger partial charge in [0.05, 0.1) is 16.3 Å². The summed E-state index contributed by atoms with van der Waals surface area (Å²) in [6.07, 6.45) is 5.40. The molecule has 2 aromatic heterocycles. The van der Waals surface area contributed by atoms with Gasteiger partial charge in [-0.25, -0.2) is 4.68 Å². The molecule has 0 fully saturated rings. The number of rotatable bonds is 5. The Morgan fingerprint density at radius 2 is 1.89 bits per heavy atom. The Balaban J connectivity index is 1.76. The van der Waals surface area contributed by atoms with Crippen LogP contribution in [0.4, 0.5) is 0 Å². The molecular formula is C22H15BrN2OS. The molecule has 0 N–H and O–H groups in total. The number of thiophene rings is 1. The minimum atomic E-state index is -0.00217. The van der Waals surface area contributed by atoms with Gasteiger partial charge in [-0.2, -0.15) is 5.10 Å². The molecule has 27 heavy (non-hydrogen) atoms. The quantitative estimate of drug-likeness (QED) is 0.274. The van der Waals surface area contributed by atoms with Gasteiger partial charge in [-0.15, -0.1) is 11.3 Å². The number of carbonyl (C=O) groups excluding carboxylic acids is 1. The summed E-state index contributed by atoms with van der Waals surface area (Å²) in [7, 11) is 0. The molecule has 0 aliphatic heterocycles. The van der Waals surface area contributed by atoms with Crippen molar-refractivity contribution in [2.45, 2.75) is 0 Å². The van der Waals surface area contributed by atoms with E-state index < -0.39 is 0 Å². The third kappa shape index (κ3) is 3.99. The van der Waals surface area contributed by atoms with Gasteiger partial charge in [0.15, 0.2) is 5.78 Å². The highest BCUT2D eigenvalue weighted by atomic mass is 79.9. The molecule has 2 aromatic carbocycles. The summed E-state index contributed by atoms with van der Waals surface area (Å²) in [5, 5.41) is 6.67. The van der Waals surface area contributed by atoms with Crippen LogP contribution < -0.4 is 0 Å². The van der Waals surface area contributed by atoms with Gasteiger partial charge in [0.25, 0.3) is 0 Å². The lowest BCUT2D eigenvalue weighted by Gasteiger charge is -2.01. The molecular weight excluding hydrogens is 420 g/mol. The Hall–Kier alpha value is -2.76. The van der Waals surface area contributed by atoms with Gasteiger partial charge in [0.2, 0.25) is 0 Å². The number of ketones is 1. The third-order valence-corrected chi connectivity index (χ3v) is 5.42. The molecule has 0 radical (unpaired) electrons. The summed E-state index contributed by atoms with van der Waals surface area (Å²) in [4.78, 5) is 13.1. The zero-order chi connectivity index (χ0) is 18.6. The molecule has 0 unspecified atom stereocenters. The van der Waals surface area contributed by atoms with Crippen LogP contribution in [0, 0.1) is 0 Å². The van der Waals surface area contributed by atoms with E-state index in [0.29, 0.717) is 0 Å². The summed E-state index contributed by atoms with van der Waals surface area (Å²) in [6.45, 7) is 0. The highest BCUT2D eigenvalue weighted by Crippen LogP contribution is 2.27. The van der Waals surface area contributed by atoms with Gasteiger partial charge in [-0.05, 0) is 47.9 Å². The van der Waals surface area contributed by atoms with Crippen LogP contribution in [0.1, 0.15) is 15.2 Å². The fourth-order valence-corrected chi connectivity index (χ4v) is 3.79. The van der Waals surface area contributed by atoms with E-state index in [1.54, 1.807) is 6.08 Å². The fourth-order valence-electron chi connectivity index (χ4n) is 2.75. The number of carbonyl (C=O) groups is 1. The van der Waals surface area contributed by atoms with Gasteiger partial charge in [-0.1, -0.05) is 52.3 Å². The average Bonchev–Trinajstić information content (AvgIpc) is 3.37. The van der Waals surface area contributed by atoms with E-state index in [1.165, 1.54) is 11.3 Å². The van der Waals surface area contributed by atoms with E-state index in [-0.39, 0.29) is 5.78 Å². The average molecular weight is 435 g/mol. The van der Waals surface area contributed by atoms with Gasteiger partial charge < -0.3 is 0 Å². The van der Waals surface area contributed by atoms with Crippen LogP contribution in [-0.4, -0.2) is 15.6 Å². The van der Waals surface area contributed by atoms with Crippen molar-refractivity contribution in [1.82, 2.24) is 9.78 Å². The molecule has 0 aliphatic rings. The molecule has 0 amide bonds. The van der Waals surface area contributed by atoms with Crippen LogP contribution in [0.3, 0.4) is 0 Å². The minimum Gasteiger partial charge on any atom is -0.288 e. The summed E-state index contributed by atoms with van der Waals surface area (Å²) in [5.41, 5.74) is 3.68. The normalized spacial score (nSPS) is 11.1. The Bertz CT molecular complexity index is 1100. The smallest absolute Gasteiger partial charge is 0.195 e. The number of allylic oxidation sites excluding steroid dienone is 1. The maximum Gasteiger partial charge on any atom is 0.195 e. The lowest BCUT2D eigenvalue weighted by Crippen LogP contribution is -1.93. The van der Waals surface area contributed by atoms with E-state index in [1.807, 2.05) is 89.1 Å². The van der Waals surface area contributed by atoms with E-state index in [2.05, 4.69) is 15.9 Å². The monoisotopic (exact) mass is 434 g/mol. The van der Waals surface area contributed by atoms with Crippen LogP contribution >= 0.6 is 27.3 Å². The number of nitrogens with zero attached hydrogens (tertiary/aromatic N) is 2. The van der Waals surface area contributed by atoms with Crippen molar-refractivity contribution < 1.29 is 4.79 Å². The molecule has 5 heteroatoms. The van der Waals surface area contributed by atoms with Gasteiger partial charge in [-0.3, -0.25) is 4.79 Å². The van der Waals surface area contributed by atoms with Crippen molar-refractivity contribution in [2.24, 2.45) is 0 Å². The largest absolute Gasteiger partial charge is 0.288 e. The number of hydrogen-bond donors (Lipinski definition) is 0. The molecule has 132 valence electrons. The highest BCUT2D eigenvalue weighted by Gasteiger charge is 2.12. The molecule has 0 aliphatic carbocycles. The van der Waals surface area contributed by atoms with Crippen LogP contribution in [0.5, 0.6) is 0 Å². The summed E-state index contributed by atoms with van der Waals surface area (Å²) in [5.74, 6) is -0.00217. The minimum absolute atomic E-state index is 0.00217. The lowest BCUT2D eigenvalue weighted by atomic mass is 10.1. The molecule has 0 saturated heterocycles. The van der Waals surface area contributed by atoms with Crippen molar-refractivity contribution in [3.05, 3.63) is 99.3 Å². The van der Waals surface area contributed by atoms with Crippen molar-refractivity contribution in [1.29, 1.82) is 0 Å². The Labute approximate surface area is 169 Å². The molecule has 4 aromatic rings. The Kier molecular flexibility index (Phi) is 5.14. The standard InChI is InChI=1S/C22H15BrN2OS/c23-18-7-4-6-16(14-18)22-17(11-12-20(26)21-10-5-13-27-21)15-25(24-22)19-8-2-1-3-9-19/h1-15H. The topological polar surface area (TPSA) is 34.9 Å². The maximum absolute atomic E-state index is 12.3. The van der Waals surface area contributed by atoms with Crippen molar-refractivity contribution >= 4 is 39.1 Å². The van der Waals surface area contributed by atoms with E-state index in [9.17, 15) is 4.79 Å². The second kappa shape index (κ2) is 7.86. The molecule has 0 bridgehead atoms. The predicted molar refractivity (Wildman–Crippen MR) is 114 cm³/mol. The van der Waals surface area contributed by atoms with E-state index in [4.69, 9.17) is 5.10 Å². The van der Waals surface area contributed by atoms with Crippen LogP contribution in [-0.2, 0) is 0 Å². The van der Waals surface area contributed by atoms with Crippen molar-refractivity contribution in [3.8, 4) is 16.9 Å². The third-order valence-electron chi connectivity index (χ3n) is 4.04.